The lowest BCUT2D eigenvalue weighted by atomic mass is 10.3. The van der Waals surface area contributed by atoms with Crippen LogP contribution < -0.4 is 5.32 Å². The van der Waals surface area contributed by atoms with E-state index in [1.165, 1.54) is 0 Å². The molecule has 0 aromatic rings. The van der Waals surface area contributed by atoms with Crippen molar-refractivity contribution in [3.63, 3.8) is 0 Å². The minimum absolute atomic E-state index is 0.108. The van der Waals surface area contributed by atoms with Gasteiger partial charge in [-0.3, -0.25) is 14.7 Å². The lowest BCUT2D eigenvalue weighted by Crippen LogP contribution is -2.38. The van der Waals surface area contributed by atoms with E-state index < -0.39 is 0 Å². The highest BCUT2D eigenvalue weighted by molar-refractivity contribution is 8.16. The molecule has 1 N–H and O–H groups in total. The number of amides is 1. The fourth-order valence-corrected chi connectivity index (χ4v) is 3.65. The van der Waals surface area contributed by atoms with E-state index in [0.717, 1.165) is 69.8 Å². The summed E-state index contributed by atoms with van der Waals surface area (Å²) in [4.78, 5) is 20.9. The number of thioether (sulfide) groups is 1. The highest BCUT2D eigenvalue weighted by Crippen LogP contribution is 2.30. The van der Waals surface area contributed by atoms with Crippen LogP contribution in [0.15, 0.2) is 16.1 Å². The van der Waals surface area contributed by atoms with Crippen LogP contribution >= 0.6 is 11.8 Å². The van der Waals surface area contributed by atoms with Gasteiger partial charge in [0.1, 0.15) is 0 Å². The third-order valence-electron chi connectivity index (χ3n) is 3.87. The van der Waals surface area contributed by atoms with Gasteiger partial charge in [-0.1, -0.05) is 11.8 Å². The average molecular weight is 310 g/mol. The Morgan fingerprint density at radius 2 is 2.24 bits per heavy atom. The van der Waals surface area contributed by atoms with Crippen LogP contribution in [-0.4, -0.2) is 73.4 Å². The minimum Gasteiger partial charge on any atom is -0.379 e. The van der Waals surface area contributed by atoms with Crippen molar-refractivity contribution in [3.05, 3.63) is 11.1 Å². The molecule has 0 atom stereocenters. The van der Waals surface area contributed by atoms with Gasteiger partial charge in [0, 0.05) is 31.9 Å². The molecule has 0 aromatic carbocycles. The Balaban J connectivity index is 1.31. The van der Waals surface area contributed by atoms with Crippen molar-refractivity contribution in [3.8, 4) is 0 Å². The molecule has 3 aliphatic heterocycles. The molecule has 1 fully saturated rings. The summed E-state index contributed by atoms with van der Waals surface area (Å²) < 4.78 is 5.32. The van der Waals surface area contributed by atoms with Gasteiger partial charge in [0.2, 0.25) is 5.91 Å². The SMILES string of the molecule is O=C(CC1=CSC2=NCCN12)NCCCN1CCOCC1. The van der Waals surface area contributed by atoms with E-state index in [9.17, 15) is 4.79 Å². The second-order valence-corrected chi connectivity index (χ2v) is 6.21. The largest absolute Gasteiger partial charge is 0.379 e. The molecule has 0 unspecified atom stereocenters. The van der Waals surface area contributed by atoms with Gasteiger partial charge < -0.3 is 15.0 Å². The molecule has 0 aromatic heterocycles. The third-order valence-corrected chi connectivity index (χ3v) is 4.82. The molecule has 0 radical (unpaired) electrons. The topological polar surface area (TPSA) is 57.2 Å². The quantitative estimate of drug-likeness (QED) is 0.723. The zero-order valence-corrected chi connectivity index (χ0v) is 13.0. The molecule has 0 bridgehead atoms. The number of ether oxygens (including phenoxy) is 1. The molecular formula is C14H22N4O2S. The number of amidine groups is 1. The van der Waals surface area contributed by atoms with Gasteiger partial charge in [-0.25, -0.2) is 0 Å². The smallest absolute Gasteiger partial charge is 0.225 e. The highest BCUT2D eigenvalue weighted by atomic mass is 32.2. The fourth-order valence-electron chi connectivity index (χ4n) is 2.70. The first kappa shape index (κ1) is 14.9. The lowest BCUT2D eigenvalue weighted by molar-refractivity contribution is -0.120. The van der Waals surface area contributed by atoms with Crippen molar-refractivity contribution in [2.75, 3.05) is 52.5 Å². The molecule has 21 heavy (non-hydrogen) atoms. The van der Waals surface area contributed by atoms with Crippen molar-refractivity contribution in [1.82, 2.24) is 15.1 Å². The molecule has 3 rings (SSSR count). The Morgan fingerprint density at radius 1 is 1.38 bits per heavy atom. The van der Waals surface area contributed by atoms with Crippen molar-refractivity contribution in [2.45, 2.75) is 12.8 Å². The van der Waals surface area contributed by atoms with E-state index in [1.807, 2.05) is 5.41 Å². The number of rotatable bonds is 6. The summed E-state index contributed by atoms with van der Waals surface area (Å²) in [6.45, 7) is 7.22. The molecule has 6 nitrogen and oxygen atoms in total. The molecule has 3 aliphatic rings. The second kappa shape index (κ2) is 7.29. The van der Waals surface area contributed by atoms with Crippen LogP contribution in [0.2, 0.25) is 0 Å². The number of aliphatic imine (C=N–C) groups is 1. The Labute approximate surface area is 129 Å². The Hall–Kier alpha value is -1.05. The number of carbonyl (C=O) groups is 1. The first-order chi connectivity index (χ1) is 10.3. The van der Waals surface area contributed by atoms with E-state index in [1.54, 1.807) is 11.8 Å². The highest BCUT2D eigenvalue weighted by Gasteiger charge is 2.27. The maximum Gasteiger partial charge on any atom is 0.225 e. The number of nitrogens with zero attached hydrogens (tertiary/aromatic N) is 3. The van der Waals surface area contributed by atoms with E-state index >= 15 is 0 Å². The van der Waals surface area contributed by atoms with Gasteiger partial charge in [0.15, 0.2) is 5.17 Å². The number of hydrogen-bond donors (Lipinski definition) is 1. The van der Waals surface area contributed by atoms with Gasteiger partial charge in [-0.05, 0) is 18.4 Å². The Bertz CT molecular complexity index is 446. The summed E-state index contributed by atoms with van der Waals surface area (Å²) in [6, 6.07) is 0. The number of nitrogens with one attached hydrogen (secondary N) is 1. The van der Waals surface area contributed by atoms with Crippen LogP contribution in [0.25, 0.3) is 0 Å². The van der Waals surface area contributed by atoms with Gasteiger partial charge in [-0.15, -0.1) is 0 Å². The van der Waals surface area contributed by atoms with Gasteiger partial charge >= 0.3 is 0 Å². The Kier molecular flexibility index (Phi) is 5.16. The van der Waals surface area contributed by atoms with Crippen molar-refractivity contribution >= 4 is 22.8 Å². The second-order valence-electron chi connectivity index (χ2n) is 5.38. The molecule has 116 valence electrons. The van der Waals surface area contributed by atoms with E-state index in [-0.39, 0.29) is 5.91 Å². The summed E-state index contributed by atoms with van der Waals surface area (Å²) in [5.41, 5.74) is 1.09. The maximum atomic E-state index is 12.0. The normalized spacial score (nSPS) is 22.0. The number of morpholine rings is 1. The van der Waals surface area contributed by atoms with E-state index in [2.05, 4.69) is 20.1 Å². The van der Waals surface area contributed by atoms with Crippen LogP contribution in [0.3, 0.4) is 0 Å². The zero-order chi connectivity index (χ0) is 14.5. The maximum absolute atomic E-state index is 12.0. The van der Waals surface area contributed by atoms with E-state index in [0.29, 0.717) is 6.42 Å². The molecule has 3 heterocycles. The zero-order valence-electron chi connectivity index (χ0n) is 12.2. The molecule has 0 aliphatic carbocycles. The molecule has 0 saturated carbocycles. The molecule has 0 spiro atoms. The van der Waals surface area contributed by atoms with Crippen LogP contribution in [0.4, 0.5) is 0 Å². The Morgan fingerprint density at radius 3 is 3.10 bits per heavy atom. The third kappa shape index (κ3) is 3.99. The summed E-state index contributed by atoms with van der Waals surface area (Å²) >= 11 is 1.63. The van der Waals surface area contributed by atoms with E-state index in [4.69, 9.17) is 4.74 Å². The number of fused-ring (bicyclic) bond motifs is 1. The molecule has 7 heteroatoms. The predicted octanol–water partition coefficient (Wildman–Crippen LogP) is 0.475. The first-order valence-corrected chi connectivity index (χ1v) is 8.45. The van der Waals surface area contributed by atoms with Crippen molar-refractivity contribution in [2.24, 2.45) is 4.99 Å². The minimum atomic E-state index is 0.108. The standard InChI is InChI=1S/C14H22N4O2S/c19-13(10-12-11-21-14-16-3-5-18(12)14)15-2-1-4-17-6-8-20-9-7-17/h11H,1-10H2,(H,15,19). The molecular weight excluding hydrogens is 288 g/mol. The van der Waals surface area contributed by atoms with Crippen LogP contribution in [0, 0.1) is 0 Å². The van der Waals surface area contributed by atoms with Crippen LogP contribution in [0.5, 0.6) is 0 Å². The van der Waals surface area contributed by atoms with Crippen molar-refractivity contribution in [1.29, 1.82) is 0 Å². The van der Waals surface area contributed by atoms with Gasteiger partial charge in [-0.2, -0.15) is 0 Å². The number of carbonyl (C=O) groups excluding carboxylic acids is 1. The summed E-state index contributed by atoms with van der Waals surface area (Å²) in [6.07, 6.45) is 1.46. The lowest BCUT2D eigenvalue weighted by Gasteiger charge is -2.26. The fraction of sp³-hybridized carbons (Fsp3) is 0.714. The molecule has 1 saturated heterocycles. The van der Waals surface area contributed by atoms with Crippen LogP contribution in [-0.2, 0) is 9.53 Å². The predicted molar refractivity (Wildman–Crippen MR) is 84.2 cm³/mol. The van der Waals surface area contributed by atoms with Gasteiger partial charge in [0.25, 0.3) is 0 Å². The summed E-state index contributed by atoms with van der Waals surface area (Å²) in [5, 5.41) is 6.11. The molecule has 1 amide bonds. The van der Waals surface area contributed by atoms with Gasteiger partial charge in [0.05, 0.1) is 26.2 Å². The summed E-state index contributed by atoms with van der Waals surface area (Å²) in [5.74, 6) is 0.108. The van der Waals surface area contributed by atoms with Crippen molar-refractivity contribution < 1.29 is 9.53 Å². The number of hydrogen-bond acceptors (Lipinski definition) is 6. The van der Waals surface area contributed by atoms with Crippen LogP contribution in [0.1, 0.15) is 12.8 Å². The average Bonchev–Trinajstić information content (AvgIpc) is 3.10. The first-order valence-electron chi connectivity index (χ1n) is 7.57. The summed E-state index contributed by atoms with van der Waals surface area (Å²) in [7, 11) is 0. The monoisotopic (exact) mass is 310 g/mol.